The Labute approximate surface area is 91.3 Å². The number of nitrogens with one attached hydrogen (secondary N) is 1. The predicted octanol–water partition coefficient (Wildman–Crippen LogP) is 1.94. The minimum Gasteiger partial charge on any atom is -0.396 e. The molecule has 1 aromatic rings. The molecule has 0 unspecified atom stereocenters. The molecule has 1 aliphatic carbocycles. The van der Waals surface area contributed by atoms with Crippen molar-refractivity contribution in [2.45, 2.75) is 25.8 Å². The standard InChI is InChI=1S/C13H19NO/c15-11-13(6-7-13)8-9-14-10-12-4-2-1-3-5-12/h1-5,14-15H,6-11H2. The third kappa shape index (κ3) is 3.05. The minimum atomic E-state index is 0.281. The molecule has 15 heavy (non-hydrogen) atoms. The van der Waals surface area contributed by atoms with Gasteiger partial charge in [-0.3, -0.25) is 0 Å². The summed E-state index contributed by atoms with van der Waals surface area (Å²) in [4.78, 5) is 0. The molecule has 0 atom stereocenters. The summed E-state index contributed by atoms with van der Waals surface area (Å²) < 4.78 is 0. The smallest absolute Gasteiger partial charge is 0.0487 e. The number of hydrogen-bond acceptors (Lipinski definition) is 2. The fraction of sp³-hybridized carbons (Fsp3) is 0.538. The van der Waals surface area contributed by atoms with Crippen LogP contribution in [-0.4, -0.2) is 18.3 Å². The highest BCUT2D eigenvalue weighted by atomic mass is 16.3. The van der Waals surface area contributed by atoms with Gasteiger partial charge in [-0.1, -0.05) is 30.3 Å². The fourth-order valence-corrected chi connectivity index (χ4v) is 1.85. The first-order valence-electron chi connectivity index (χ1n) is 5.70. The van der Waals surface area contributed by atoms with Crippen molar-refractivity contribution >= 4 is 0 Å². The van der Waals surface area contributed by atoms with Crippen molar-refractivity contribution in [3.05, 3.63) is 35.9 Å². The van der Waals surface area contributed by atoms with E-state index in [1.807, 2.05) is 6.07 Å². The Morgan fingerprint density at radius 2 is 1.93 bits per heavy atom. The van der Waals surface area contributed by atoms with E-state index in [1.165, 1.54) is 18.4 Å². The Morgan fingerprint density at radius 1 is 1.20 bits per heavy atom. The van der Waals surface area contributed by atoms with Crippen LogP contribution in [0.4, 0.5) is 0 Å². The van der Waals surface area contributed by atoms with Crippen molar-refractivity contribution in [3.8, 4) is 0 Å². The van der Waals surface area contributed by atoms with Gasteiger partial charge in [0.15, 0.2) is 0 Å². The quantitative estimate of drug-likeness (QED) is 0.696. The van der Waals surface area contributed by atoms with Gasteiger partial charge in [0, 0.05) is 13.2 Å². The molecule has 0 aromatic heterocycles. The molecule has 2 nitrogen and oxygen atoms in total. The van der Waals surface area contributed by atoms with Crippen LogP contribution in [0.25, 0.3) is 0 Å². The van der Waals surface area contributed by atoms with Crippen LogP contribution in [0.5, 0.6) is 0 Å². The van der Waals surface area contributed by atoms with E-state index in [0.29, 0.717) is 6.61 Å². The average molecular weight is 205 g/mol. The van der Waals surface area contributed by atoms with Gasteiger partial charge in [-0.15, -0.1) is 0 Å². The van der Waals surface area contributed by atoms with E-state index in [1.54, 1.807) is 0 Å². The van der Waals surface area contributed by atoms with Crippen LogP contribution in [-0.2, 0) is 6.54 Å². The van der Waals surface area contributed by atoms with Gasteiger partial charge >= 0.3 is 0 Å². The second-order valence-electron chi connectivity index (χ2n) is 4.57. The maximum atomic E-state index is 9.15. The van der Waals surface area contributed by atoms with E-state index >= 15 is 0 Å². The first-order valence-corrected chi connectivity index (χ1v) is 5.70. The first-order chi connectivity index (χ1) is 7.35. The monoisotopic (exact) mass is 205 g/mol. The Kier molecular flexibility index (Phi) is 3.39. The lowest BCUT2D eigenvalue weighted by Crippen LogP contribution is -2.20. The highest BCUT2D eigenvalue weighted by Gasteiger charge is 2.40. The molecule has 1 fully saturated rings. The minimum absolute atomic E-state index is 0.281. The van der Waals surface area contributed by atoms with Crippen LogP contribution in [0.3, 0.4) is 0 Å². The molecule has 0 spiro atoms. The highest BCUT2D eigenvalue weighted by Crippen LogP contribution is 2.47. The zero-order valence-electron chi connectivity index (χ0n) is 9.08. The molecule has 2 rings (SSSR count). The second-order valence-corrected chi connectivity index (χ2v) is 4.57. The number of rotatable bonds is 6. The third-order valence-corrected chi connectivity index (χ3v) is 3.30. The van der Waals surface area contributed by atoms with Crippen LogP contribution >= 0.6 is 0 Å². The lowest BCUT2D eigenvalue weighted by Gasteiger charge is -2.11. The van der Waals surface area contributed by atoms with Gasteiger partial charge in [0.2, 0.25) is 0 Å². The van der Waals surface area contributed by atoms with Crippen molar-refractivity contribution in [2.75, 3.05) is 13.2 Å². The van der Waals surface area contributed by atoms with E-state index in [4.69, 9.17) is 5.11 Å². The Morgan fingerprint density at radius 3 is 2.53 bits per heavy atom. The zero-order chi connectivity index (χ0) is 10.6. The number of aliphatic hydroxyl groups excluding tert-OH is 1. The summed E-state index contributed by atoms with van der Waals surface area (Å²) in [5.41, 5.74) is 1.61. The number of benzene rings is 1. The molecule has 2 N–H and O–H groups in total. The largest absolute Gasteiger partial charge is 0.396 e. The summed E-state index contributed by atoms with van der Waals surface area (Å²) in [7, 11) is 0. The molecule has 0 heterocycles. The van der Waals surface area contributed by atoms with Crippen molar-refractivity contribution < 1.29 is 5.11 Å². The van der Waals surface area contributed by atoms with E-state index in [9.17, 15) is 0 Å². The molecule has 0 saturated heterocycles. The Balaban J connectivity index is 1.63. The van der Waals surface area contributed by atoms with E-state index < -0.39 is 0 Å². The van der Waals surface area contributed by atoms with Gasteiger partial charge in [-0.25, -0.2) is 0 Å². The van der Waals surface area contributed by atoms with Gasteiger partial charge in [0.05, 0.1) is 0 Å². The lowest BCUT2D eigenvalue weighted by molar-refractivity contribution is 0.202. The van der Waals surface area contributed by atoms with E-state index in [-0.39, 0.29) is 5.41 Å². The molecule has 1 saturated carbocycles. The topological polar surface area (TPSA) is 32.3 Å². The molecule has 0 amide bonds. The van der Waals surface area contributed by atoms with Gasteiger partial charge in [0.25, 0.3) is 0 Å². The van der Waals surface area contributed by atoms with Crippen molar-refractivity contribution in [3.63, 3.8) is 0 Å². The molecule has 1 aliphatic rings. The van der Waals surface area contributed by atoms with Crippen molar-refractivity contribution in [1.82, 2.24) is 5.32 Å². The van der Waals surface area contributed by atoms with Crippen LogP contribution in [0, 0.1) is 5.41 Å². The van der Waals surface area contributed by atoms with E-state index in [0.717, 1.165) is 19.5 Å². The molecule has 0 radical (unpaired) electrons. The molecular formula is C13H19NO. The SMILES string of the molecule is OCC1(CCNCc2ccccc2)CC1. The first kappa shape index (κ1) is 10.7. The van der Waals surface area contributed by atoms with Crippen LogP contribution in [0.2, 0.25) is 0 Å². The van der Waals surface area contributed by atoms with Crippen molar-refractivity contribution in [1.29, 1.82) is 0 Å². The van der Waals surface area contributed by atoms with Crippen LogP contribution < -0.4 is 5.32 Å². The molecule has 82 valence electrons. The molecular weight excluding hydrogens is 186 g/mol. The Bertz CT molecular complexity index is 293. The van der Waals surface area contributed by atoms with Crippen molar-refractivity contribution in [2.24, 2.45) is 5.41 Å². The second kappa shape index (κ2) is 4.77. The normalized spacial score (nSPS) is 17.7. The van der Waals surface area contributed by atoms with Crippen LogP contribution in [0.1, 0.15) is 24.8 Å². The summed E-state index contributed by atoms with van der Waals surface area (Å²) in [6.45, 7) is 2.30. The summed E-state index contributed by atoms with van der Waals surface area (Å²) in [5, 5.41) is 12.6. The maximum Gasteiger partial charge on any atom is 0.0487 e. The molecule has 0 bridgehead atoms. The average Bonchev–Trinajstić information content (AvgIpc) is 3.07. The van der Waals surface area contributed by atoms with E-state index in [2.05, 4.69) is 29.6 Å². The summed E-state index contributed by atoms with van der Waals surface area (Å²) in [5.74, 6) is 0. The summed E-state index contributed by atoms with van der Waals surface area (Å²) in [6.07, 6.45) is 3.52. The zero-order valence-corrected chi connectivity index (χ0v) is 9.08. The molecule has 1 aromatic carbocycles. The maximum absolute atomic E-state index is 9.15. The third-order valence-electron chi connectivity index (χ3n) is 3.30. The lowest BCUT2D eigenvalue weighted by atomic mass is 10.0. The summed E-state index contributed by atoms with van der Waals surface area (Å²) in [6, 6.07) is 10.4. The van der Waals surface area contributed by atoms with Gasteiger partial charge in [-0.05, 0) is 36.8 Å². The molecule has 0 aliphatic heterocycles. The highest BCUT2D eigenvalue weighted by molar-refractivity contribution is 5.14. The van der Waals surface area contributed by atoms with Gasteiger partial charge < -0.3 is 10.4 Å². The molecule has 2 heteroatoms. The fourth-order valence-electron chi connectivity index (χ4n) is 1.85. The van der Waals surface area contributed by atoms with Gasteiger partial charge in [-0.2, -0.15) is 0 Å². The number of hydrogen-bond donors (Lipinski definition) is 2. The Hall–Kier alpha value is -0.860. The summed E-state index contributed by atoms with van der Waals surface area (Å²) >= 11 is 0. The number of aliphatic hydroxyl groups is 1. The predicted molar refractivity (Wildman–Crippen MR) is 61.5 cm³/mol. The van der Waals surface area contributed by atoms with Crippen LogP contribution in [0.15, 0.2) is 30.3 Å². The van der Waals surface area contributed by atoms with Gasteiger partial charge in [0.1, 0.15) is 0 Å².